The van der Waals surface area contributed by atoms with Gasteiger partial charge < -0.3 is 19.5 Å². The Labute approximate surface area is 144 Å². The molecule has 0 spiro atoms. The van der Waals surface area contributed by atoms with Gasteiger partial charge in [0.1, 0.15) is 5.70 Å². The molecule has 1 saturated heterocycles. The maximum Gasteiger partial charge on any atom is 0.352 e. The molecule has 0 radical (unpaired) electrons. The minimum absolute atomic E-state index is 0.0375. The van der Waals surface area contributed by atoms with Gasteiger partial charge in [0, 0.05) is 5.92 Å². The van der Waals surface area contributed by atoms with Gasteiger partial charge in [-0.05, 0) is 30.6 Å². The molecule has 1 fully saturated rings. The number of rotatable bonds is 5. The molecule has 2 rings (SSSR count). The second-order valence-corrected chi connectivity index (χ2v) is 13.2. The Morgan fingerprint density at radius 3 is 2.33 bits per heavy atom. The number of fused-ring (bicyclic) bond motifs is 1. The number of carbonyl (C=O) groups is 2. The monoisotopic (exact) mass is 355 g/mol. The van der Waals surface area contributed by atoms with Gasteiger partial charge in [-0.1, -0.05) is 27.7 Å². The standard InChI is InChI=1S/C17H29NO5Si/c1-9-11(8-19)14(16(21)22)18-13(9)12(15(18)20)10(2)23-24(6,7)17(3,4)5/h9-10,12-13,19H,8H2,1-7H3,(H,21,22). The van der Waals surface area contributed by atoms with Crippen LogP contribution in [0.4, 0.5) is 0 Å². The van der Waals surface area contributed by atoms with Crippen molar-refractivity contribution in [3.63, 3.8) is 0 Å². The molecular formula is C17H29NO5Si. The van der Waals surface area contributed by atoms with Crippen LogP contribution in [0.25, 0.3) is 0 Å². The highest BCUT2D eigenvalue weighted by atomic mass is 28.4. The second kappa shape index (κ2) is 5.96. The Bertz CT molecular complexity index is 592. The van der Waals surface area contributed by atoms with Crippen LogP contribution in [0.5, 0.6) is 0 Å². The molecule has 2 heterocycles. The van der Waals surface area contributed by atoms with Crippen LogP contribution in [0, 0.1) is 11.8 Å². The van der Waals surface area contributed by atoms with Crippen molar-refractivity contribution in [1.29, 1.82) is 0 Å². The SMILES string of the molecule is CC(O[Si](C)(C)C(C)(C)C)C1C(=O)N2C(C(=O)O)=C(CO)C(C)C12. The number of carbonyl (C=O) groups excluding carboxylic acids is 1. The van der Waals surface area contributed by atoms with Crippen molar-refractivity contribution in [2.75, 3.05) is 6.61 Å². The minimum atomic E-state index is -2.02. The summed E-state index contributed by atoms with van der Waals surface area (Å²) in [6.45, 7) is 14.2. The van der Waals surface area contributed by atoms with Crippen molar-refractivity contribution < 1.29 is 24.2 Å². The molecule has 0 saturated carbocycles. The molecular weight excluding hydrogens is 326 g/mol. The van der Waals surface area contributed by atoms with Gasteiger partial charge >= 0.3 is 5.97 Å². The highest BCUT2D eigenvalue weighted by Crippen LogP contribution is 2.48. The molecule has 2 N–H and O–H groups in total. The van der Waals surface area contributed by atoms with Crippen molar-refractivity contribution in [2.24, 2.45) is 11.8 Å². The summed E-state index contributed by atoms with van der Waals surface area (Å²) in [6, 6.07) is -0.231. The van der Waals surface area contributed by atoms with E-state index in [1.807, 2.05) is 13.8 Å². The van der Waals surface area contributed by atoms with Gasteiger partial charge in [-0.25, -0.2) is 4.79 Å². The number of aliphatic carboxylic acids is 1. The molecule has 6 nitrogen and oxygen atoms in total. The lowest BCUT2D eigenvalue weighted by Gasteiger charge is -2.50. The van der Waals surface area contributed by atoms with Crippen LogP contribution in [-0.4, -0.2) is 54.1 Å². The molecule has 0 aliphatic carbocycles. The maximum atomic E-state index is 12.6. The van der Waals surface area contributed by atoms with Crippen LogP contribution in [-0.2, 0) is 14.0 Å². The normalized spacial score (nSPS) is 28.8. The van der Waals surface area contributed by atoms with Crippen molar-refractivity contribution >= 4 is 20.2 Å². The predicted molar refractivity (Wildman–Crippen MR) is 92.8 cm³/mol. The number of amides is 1. The van der Waals surface area contributed by atoms with Crippen molar-refractivity contribution in [3.05, 3.63) is 11.3 Å². The van der Waals surface area contributed by atoms with Crippen LogP contribution in [0.15, 0.2) is 11.3 Å². The van der Waals surface area contributed by atoms with Gasteiger partial charge in [-0.15, -0.1) is 0 Å². The van der Waals surface area contributed by atoms with Gasteiger partial charge in [0.25, 0.3) is 0 Å². The molecule has 2 aliphatic rings. The first-order valence-electron chi connectivity index (χ1n) is 8.43. The average molecular weight is 356 g/mol. The first-order chi connectivity index (χ1) is 10.8. The van der Waals surface area contributed by atoms with Gasteiger partial charge in [-0.3, -0.25) is 4.79 Å². The fraction of sp³-hybridized carbons (Fsp3) is 0.765. The van der Waals surface area contributed by atoms with Gasteiger partial charge in [0.2, 0.25) is 5.91 Å². The van der Waals surface area contributed by atoms with Crippen LogP contribution >= 0.6 is 0 Å². The van der Waals surface area contributed by atoms with Crippen LogP contribution in [0.1, 0.15) is 34.6 Å². The Morgan fingerprint density at radius 2 is 1.92 bits per heavy atom. The molecule has 0 bridgehead atoms. The van der Waals surface area contributed by atoms with Crippen molar-refractivity contribution in [3.8, 4) is 0 Å². The summed E-state index contributed by atoms with van der Waals surface area (Å²) >= 11 is 0. The summed E-state index contributed by atoms with van der Waals surface area (Å²) in [5.41, 5.74) is 0.388. The molecule has 0 aromatic carbocycles. The van der Waals surface area contributed by atoms with E-state index in [2.05, 4.69) is 33.9 Å². The number of aliphatic hydroxyl groups excluding tert-OH is 1. The highest BCUT2D eigenvalue weighted by Gasteiger charge is 2.60. The van der Waals surface area contributed by atoms with Crippen LogP contribution < -0.4 is 0 Å². The zero-order valence-electron chi connectivity index (χ0n) is 15.6. The Balaban J connectivity index is 2.23. The van der Waals surface area contributed by atoms with Crippen LogP contribution in [0.3, 0.4) is 0 Å². The molecule has 4 atom stereocenters. The topological polar surface area (TPSA) is 87.1 Å². The summed E-state index contributed by atoms with van der Waals surface area (Å²) < 4.78 is 6.36. The Kier molecular flexibility index (Phi) is 4.76. The molecule has 1 amide bonds. The molecule has 136 valence electrons. The molecule has 24 heavy (non-hydrogen) atoms. The lowest BCUT2D eigenvalue weighted by atomic mass is 9.78. The number of carboxylic acids is 1. The summed E-state index contributed by atoms with van der Waals surface area (Å²) in [7, 11) is -2.02. The van der Waals surface area contributed by atoms with E-state index in [9.17, 15) is 19.8 Å². The van der Waals surface area contributed by atoms with Gasteiger partial charge in [0.15, 0.2) is 8.32 Å². The summed E-state index contributed by atoms with van der Waals surface area (Å²) in [4.78, 5) is 25.5. The third-order valence-electron chi connectivity index (χ3n) is 5.96. The maximum absolute atomic E-state index is 12.6. The molecule has 7 heteroatoms. The van der Waals surface area contributed by atoms with E-state index >= 15 is 0 Å². The Morgan fingerprint density at radius 1 is 1.38 bits per heavy atom. The zero-order chi connectivity index (χ0) is 18.6. The highest BCUT2D eigenvalue weighted by molar-refractivity contribution is 6.74. The van der Waals surface area contributed by atoms with Gasteiger partial charge in [0.05, 0.1) is 24.7 Å². The fourth-order valence-electron chi connectivity index (χ4n) is 3.55. The summed E-state index contributed by atoms with van der Waals surface area (Å²) in [5.74, 6) is -1.89. The van der Waals surface area contributed by atoms with Gasteiger partial charge in [-0.2, -0.15) is 0 Å². The first-order valence-corrected chi connectivity index (χ1v) is 11.3. The largest absolute Gasteiger partial charge is 0.477 e. The van der Waals surface area contributed by atoms with E-state index < -0.39 is 14.3 Å². The predicted octanol–water partition coefficient (Wildman–Crippen LogP) is 2.20. The third-order valence-corrected chi connectivity index (χ3v) is 10.5. The number of nitrogens with zero attached hydrogens (tertiary/aromatic N) is 1. The Hall–Kier alpha value is -1.18. The third kappa shape index (κ3) is 2.72. The zero-order valence-corrected chi connectivity index (χ0v) is 16.6. The second-order valence-electron chi connectivity index (χ2n) is 8.43. The average Bonchev–Trinajstić information content (AvgIpc) is 2.66. The van der Waals surface area contributed by atoms with Crippen LogP contribution in [0.2, 0.25) is 18.1 Å². The fourth-order valence-corrected chi connectivity index (χ4v) is 4.98. The van der Waals surface area contributed by atoms with E-state index in [4.69, 9.17) is 4.43 Å². The number of aliphatic hydroxyl groups is 1. The quantitative estimate of drug-likeness (QED) is 0.583. The number of β-lactam (4-membered cyclic amide) rings is 1. The summed E-state index contributed by atoms with van der Waals surface area (Å²) in [5, 5.41) is 19.0. The molecule has 0 aromatic rings. The molecule has 4 unspecified atom stereocenters. The van der Waals surface area contributed by atoms with E-state index in [-0.39, 0.29) is 47.2 Å². The minimum Gasteiger partial charge on any atom is -0.477 e. The van der Waals surface area contributed by atoms with E-state index in [1.54, 1.807) is 0 Å². The number of hydrogen-bond acceptors (Lipinski definition) is 4. The first kappa shape index (κ1) is 19.1. The van der Waals surface area contributed by atoms with E-state index in [0.717, 1.165) is 0 Å². The lowest BCUT2D eigenvalue weighted by molar-refractivity contribution is -0.162. The smallest absolute Gasteiger partial charge is 0.352 e. The van der Waals surface area contributed by atoms with Crippen molar-refractivity contribution in [1.82, 2.24) is 4.90 Å². The van der Waals surface area contributed by atoms with E-state index in [1.165, 1.54) is 4.90 Å². The number of carboxylic acid groups (broad SMARTS) is 1. The number of hydrogen-bond donors (Lipinski definition) is 2. The van der Waals surface area contributed by atoms with Crippen molar-refractivity contribution in [2.45, 2.75) is 64.9 Å². The summed E-state index contributed by atoms with van der Waals surface area (Å²) in [6.07, 6.45) is -0.268. The molecule has 2 aliphatic heterocycles. The molecule has 0 aromatic heterocycles. The van der Waals surface area contributed by atoms with E-state index in [0.29, 0.717) is 5.57 Å². The lowest BCUT2D eigenvalue weighted by Crippen LogP contribution is -2.65.